The standard InChI is InChI=1S/C17H18N2O2/c1-17(2)20-11-13(21-17)10-19-16-8-7-12(9-18)14-5-3-4-6-15(14)16/h3-8,13,19H,10-11H2,1-2H3. The molecule has 0 amide bonds. The third-order valence-corrected chi connectivity index (χ3v) is 3.63. The number of benzene rings is 2. The summed E-state index contributed by atoms with van der Waals surface area (Å²) in [4.78, 5) is 0. The molecule has 3 rings (SSSR count). The third kappa shape index (κ3) is 2.85. The zero-order valence-electron chi connectivity index (χ0n) is 12.2. The monoisotopic (exact) mass is 282 g/mol. The van der Waals surface area contributed by atoms with Gasteiger partial charge in [0.25, 0.3) is 0 Å². The normalized spacial score (nSPS) is 20.3. The van der Waals surface area contributed by atoms with E-state index in [1.165, 1.54) is 0 Å². The predicted octanol–water partition coefficient (Wildman–Crippen LogP) is 3.27. The molecule has 2 aromatic carbocycles. The highest BCUT2D eigenvalue weighted by Crippen LogP contribution is 2.27. The van der Waals surface area contributed by atoms with Gasteiger partial charge in [-0.1, -0.05) is 24.3 Å². The van der Waals surface area contributed by atoms with Gasteiger partial charge in [-0.25, -0.2) is 0 Å². The Labute approximate surface area is 124 Å². The predicted molar refractivity (Wildman–Crippen MR) is 82.1 cm³/mol. The van der Waals surface area contributed by atoms with Crippen LogP contribution in [-0.4, -0.2) is 25.0 Å². The van der Waals surface area contributed by atoms with Crippen LogP contribution in [0.2, 0.25) is 0 Å². The SMILES string of the molecule is CC1(C)OCC(CNc2ccc(C#N)c3ccccc23)O1. The lowest BCUT2D eigenvalue weighted by Gasteiger charge is -2.18. The summed E-state index contributed by atoms with van der Waals surface area (Å²) in [5.41, 5.74) is 1.70. The number of fused-ring (bicyclic) bond motifs is 1. The Hall–Kier alpha value is -2.09. The molecule has 1 heterocycles. The average molecular weight is 282 g/mol. The molecular weight excluding hydrogens is 264 g/mol. The van der Waals surface area contributed by atoms with Crippen molar-refractivity contribution >= 4 is 16.5 Å². The maximum Gasteiger partial charge on any atom is 0.163 e. The maximum atomic E-state index is 9.18. The quantitative estimate of drug-likeness (QED) is 0.938. The summed E-state index contributed by atoms with van der Waals surface area (Å²) in [5, 5.41) is 14.6. The van der Waals surface area contributed by atoms with Crippen molar-refractivity contribution in [2.75, 3.05) is 18.5 Å². The first-order chi connectivity index (χ1) is 10.1. The number of hydrogen-bond acceptors (Lipinski definition) is 4. The molecule has 108 valence electrons. The van der Waals surface area contributed by atoms with Gasteiger partial charge in [0.2, 0.25) is 0 Å². The van der Waals surface area contributed by atoms with Gasteiger partial charge in [-0.05, 0) is 26.0 Å². The highest BCUT2D eigenvalue weighted by Gasteiger charge is 2.32. The van der Waals surface area contributed by atoms with E-state index in [1.807, 2.05) is 50.2 Å². The Morgan fingerprint density at radius 1 is 1.24 bits per heavy atom. The second-order valence-electron chi connectivity index (χ2n) is 5.65. The Bertz CT molecular complexity index is 703. The zero-order valence-corrected chi connectivity index (χ0v) is 12.2. The Balaban J connectivity index is 1.81. The van der Waals surface area contributed by atoms with Crippen LogP contribution in [0.5, 0.6) is 0 Å². The van der Waals surface area contributed by atoms with E-state index < -0.39 is 5.79 Å². The maximum absolute atomic E-state index is 9.18. The fourth-order valence-corrected chi connectivity index (χ4v) is 2.64. The molecule has 21 heavy (non-hydrogen) atoms. The van der Waals surface area contributed by atoms with Gasteiger partial charge in [0.15, 0.2) is 5.79 Å². The minimum atomic E-state index is -0.501. The summed E-state index contributed by atoms with van der Waals surface area (Å²) >= 11 is 0. The van der Waals surface area contributed by atoms with Crippen molar-refractivity contribution in [2.24, 2.45) is 0 Å². The molecule has 0 radical (unpaired) electrons. The first-order valence-corrected chi connectivity index (χ1v) is 7.06. The molecule has 1 saturated heterocycles. The number of nitriles is 1. The molecule has 1 aliphatic rings. The summed E-state index contributed by atoms with van der Waals surface area (Å²) in [6, 6.07) is 13.9. The lowest BCUT2D eigenvalue weighted by atomic mass is 10.0. The van der Waals surface area contributed by atoms with Crippen molar-refractivity contribution in [3.63, 3.8) is 0 Å². The van der Waals surface area contributed by atoms with Crippen LogP contribution in [0, 0.1) is 11.3 Å². The first kappa shape index (κ1) is 13.9. The molecular formula is C17H18N2O2. The van der Waals surface area contributed by atoms with Crippen molar-refractivity contribution in [3.05, 3.63) is 42.0 Å². The lowest BCUT2D eigenvalue weighted by Crippen LogP contribution is -2.26. The van der Waals surface area contributed by atoms with Crippen LogP contribution in [0.15, 0.2) is 36.4 Å². The zero-order chi connectivity index (χ0) is 14.9. The topological polar surface area (TPSA) is 54.3 Å². The van der Waals surface area contributed by atoms with Crippen LogP contribution in [0.1, 0.15) is 19.4 Å². The van der Waals surface area contributed by atoms with Crippen molar-refractivity contribution in [1.82, 2.24) is 0 Å². The van der Waals surface area contributed by atoms with E-state index in [1.54, 1.807) is 0 Å². The number of nitrogens with one attached hydrogen (secondary N) is 1. The number of rotatable bonds is 3. The van der Waals surface area contributed by atoms with Crippen molar-refractivity contribution < 1.29 is 9.47 Å². The molecule has 1 aliphatic heterocycles. The second-order valence-corrected chi connectivity index (χ2v) is 5.65. The molecule has 4 heteroatoms. The minimum Gasteiger partial charge on any atom is -0.382 e. The van der Waals surface area contributed by atoms with Crippen LogP contribution in [0.25, 0.3) is 10.8 Å². The second kappa shape index (κ2) is 5.36. The molecule has 0 aliphatic carbocycles. The smallest absolute Gasteiger partial charge is 0.163 e. The van der Waals surface area contributed by atoms with Crippen LogP contribution in [0.3, 0.4) is 0 Å². The molecule has 0 spiro atoms. The van der Waals surface area contributed by atoms with E-state index in [4.69, 9.17) is 9.47 Å². The average Bonchev–Trinajstić information content (AvgIpc) is 2.84. The van der Waals surface area contributed by atoms with Gasteiger partial charge in [-0.15, -0.1) is 0 Å². The minimum absolute atomic E-state index is 0.0365. The van der Waals surface area contributed by atoms with Crippen LogP contribution in [-0.2, 0) is 9.47 Å². The van der Waals surface area contributed by atoms with Gasteiger partial charge in [-0.2, -0.15) is 5.26 Å². The number of hydrogen-bond donors (Lipinski definition) is 1. The van der Waals surface area contributed by atoms with E-state index >= 15 is 0 Å². The molecule has 0 aromatic heterocycles. The number of anilines is 1. The summed E-state index contributed by atoms with van der Waals surface area (Å²) in [6.07, 6.45) is 0.0365. The summed E-state index contributed by atoms with van der Waals surface area (Å²) in [5.74, 6) is -0.501. The van der Waals surface area contributed by atoms with Crippen molar-refractivity contribution in [2.45, 2.75) is 25.7 Å². The summed E-state index contributed by atoms with van der Waals surface area (Å²) < 4.78 is 11.4. The van der Waals surface area contributed by atoms with Gasteiger partial charge in [0.1, 0.15) is 6.10 Å². The largest absolute Gasteiger partial charge is 0.382 e. The molecule has 1 fully saturated rings. The van der Waals surface area contributed by atoms with Crippen LogP contribution >= 0.6 is 0 Å². The van der Waals surface area contributed by atoms with Gasteiger partial charge < -0.3 is 14.8 Å². The van der Waals surface area contributed by atoms with E-state index in [0.29, 0.717) is 18.7 Å². The van der Waals surface area contributed by atoms with E-state index in [9.17, 15) is 5.26 Å². The van der Waals surface area contributed by atoms with E-state index in [2.05, 4.69) is 11.4 Å². The first-order valence-electron chi connectivity index (χ1n) is 7.06. The molecule has 0 saturated carbocycles. The summed E-state index contributed by atoms with van der Waals surface area (Å²) in [6.45, 7) is 5.11. The summed E-state index contributed by atoms with van der Waals surface area (Å²) in [7, 11) is 0. The molecule has 2 aromatic rings. The van der Waals surface area contributed by atoms with E-state index in [0.717, 1.165) is 16.5 Å². The Morgan fingerprint density at radius 3 is 2.67 bits per heavy atom. The molecule has 1 atom stereocenters. The number of nitrogens with zero attached hydrogens (tertiary/aromatic N) is 1. The molecule has 0 bridgehead atoms. The van der Waals surface area contributed by atoms with Gasteiger partial charge >= 0.3 is 0 Å². The van der Waals surface area contributed by atoms with Crippen LogP contribution < -0.4 is 5.32 Å². The van der Waals surface area contributed by atoms with Gasteiger partial charge in [-0.3, -0.25) is 0 Å². The molecule has 4 nitrogen and oxygen atoms in total. The van der Waals surface area contributed by atoms with Gasteiger partial charge in [0.05, 0.1) is 18.2 Å². The third-order valence-electron chi connectivity index (χ3n) is 3.63. The highest BCUT2D eigenvalue weighted by molar-refractivity contribution is 5.97. The number of ether oxygens (including phenoxy) is 2. The Kier molecular flexibility index (Phi) is 3.54. The highest BCUT2D eigenvalue weighted by atomic mass is 16.7. The van der Waals surface area contributed by atoms with Crippen molar-refractivity contribution in [1.29, 1.82) is 5.26 Å². The fraction of sp³-hybridized carbons (Fsp3) is 0.353. The molecule has 1 unspecified atom stereocenters. The van der Waals surface area contributed by atoms with Crippen LogP contribution in [0.4, 0.5) is 5.69 Å². The Morgan fingerprint density at radius 2 is 2.00 bits per heavy atom. The fourth-order valence-electron chi connectivity index (χ4n) is 2.64. The van der Waals surface area contributed by atoms with Crippen molar-refractivity contribution in [3.8, 4) is 6.07 Å². The van der Waals surface area contributed by atoms with Gasteiger partial charge in [0, 0.05) is 23.0 Å². The van der Waals surface area contributed by atoms with E-state index in [-0.39, 0.29) is 6.10 Å². The lowest BCUT2D eigenvalue weighted by molar-refractivity contribution is -0.136. The molecule has 1 N–H and O–H groups in total.